The number of rotatable bonds is 3. The van der Waals surface area contributed by atoms with Crippen molar-refractivity contribution in [2.24, 2.45) is 0 Å². The number of benzene rings is 2. The van der Waals surface area contributed by atoms with Crippen LogP contribution in [0.1, 0.15) is 30.1 Å². The van der Waals surface area contributed by atoms with Crippen LogP contribution >= 0.6 is 0 Å². The molecule has 2 aliphatic rings. The molecule has 0 radical (unpaired) electrons. The number of hydrogen-bond donors (Lipinski definition) is 2. The Hall–Kier alpha value is -3.22. The van der Waals surface area contributed by atoms with Crippen molar-refractivity contribution >= 4 is 17.1 Å². The summed E-state index contributed by atoms with van der Waals surface area (Å²) in [5.41, 5.74) is 3.07. The SMILES string of the molecule is O=C(NCc1ccc2c(c1)OCO2)N1CCC(c2nc3ccccc3[nH]2)CC1. The highest BCUT2D eigenvalue weighted by molar-refractivity contribution is 5.75. The van der Waals surface area contributed by atoms with E-state index in [0.29, 0.717) is 12.5 Å². The van der Waals surface area contributed by atoms with Gasteiger partial charge in [-0.05, 0) is 42.7 Å². The fourth-order valence-electron chi connectivity index (χ4n) is 3.86. The number of carbonyl (C=O) groups is 1. The van der Waals surface area contributed by atoms with E-state index >= 15 is 0 Å². The molecule has 28 heavy (non-hydrogen) atoms. The summed E-state index contributed by atoms with van der Waals surface area (Å²) in [7, 11) is 0. The van der Waals surface area contributed by atoms with Gasteiger partial charge in [0.2, 0.25) is 6.79 Å². The van der Waals surface area contributed by atoms with Crippen molar-refractivity contribution in [2.45, 2.75) is 25.3 Å². The molecule has 3 heterocycles. The lowest BCUT2D eigenvalue weighted by atomic mass is 9.96. The number of nitrogens with zero attached hydrogens (tertiary/aromatic N) is 2. The summed E-state index contributed by atoms with van der Waals surface area (Å²) in [5.74, 6) is 2.88. The van der Waals surface area contributed by atoms with Crippen LogP contribution in [0.2, 0.25) is 0 Å². The van der Waals surface area contributed by atoms with Gasteiger partial charge in [0.25, 0.3) is 0 Å². The van der Waals surface area contributed by atoms with Gasteiger partial charge in [0.05, 0.1) is 11.0 Å². The predicted octanol–water partition coefficient (Wildman–Crippen LogP) is 3.38. The van der Waals surface area contributed by atoms with Gasteiger partial charge in [0, 0.05) is 25.6 Å². The second-order valence-corrected chi connectivity index (χ2v) is 7.25. The van der Waals surface area contributed by atoms with Crippen molar-refractivity contribution < 1.29 is 14.3 Å². The van der Waals surface area contributed by atoms with Crippen molar-refractivity contribution in [3.8, 4) is 11.5 Å². The predicted molar refractivity (Wildman–Crippen MR) is 104 cm³/mol. The van der Waals surface area contributed by atoms with Crippen LogP contribution in [0.3, 0.4) is 0 Å². The second kappa shape index (κ2) is 7.07. The van der Waals surface area contributed by atoms with E-state index in [9.17, 15) is 4.79 Å². The van der Waals surface area contributed by atoms with Gasteiger partial charge in [-0.2, -0.15) is 0 Å². The van der Waals surface area contributed by atoms with Crippen molar-refractivity contribution in [3.63, 3.8) is 0 Å². The van der Waals surface area contributed by atoms with E-state index in [4.69, 9.17) is 14.5 Å². The van der Waals surface area contributed by atoms with Crippen LogP contribution in [-0.4, -0.2) is 40.8 Å². The monoisotopic (exact) mass is 378 g/mol. The van der Waals surface area contributed by atoms with Gasteiger partial charge in [-0.1, -0.05) is 18.2 Å². The van der Waals surface area contributed by atoms with Gasteiger partial charge in [0.1, 0.15) is 5.82 Å². The fraction of sp³-hybridized carbons (Fsp3) is 0.333. The van der Waals surface area contributed by atoms with E-state index < -0.39 is 0 Å². The number of amides is 2. The van der Waals surface area contributed by atoms with Gasteiger partial charge in [0.15, 0.2) is 11.5 Å². The van der Waals surface area contributed by atoms with E-state index in [1.807, 2.05) is 47.4 Å². The Bertz CT molecular complexity index is 975. The highest BCUT2D eigenvalue weighted by Gasteiger charge is 2.25. The standard InChI is InChI=1S/C21H22N4O3/c26-21(22-12-14-5-6-18-19(11-14)28-13-27-18)25-9-7-15(8-10-25)20-23-16-3-1-2-4-17(16)24-20/h1-6,11,15H,7-10,12-13H2,(H,22,26)(H,23,24). The number of urea groups is 1. The first-order chi connectivity index (χ1) is 13.8. The van der Waals surface area contributed by atoms with Crippen molar-refractivity contribution in [3.05, 3.63) is 53.9 Å². The third-order valence-corrected chi connectivity index (χ3v) is 5.46. The maximum absolute atomic E-state index is 12.5. The number of piperidine rings is 1. The summed E-state index contributed by atoms with van der Waals surface area (Å²) < 4.78 is 10.7. The number of aromatic amines is 1. The smallest absolute Gasteiger partial charge is 0.317 e. The highest BCUT2D eigenvalue weighted by Crippen LogP contribution is 2.32. The average molecular weight is 378 g/mol. The number of ether oxygens (including phenoxy) is 2. The molecule has 0 atom stereocenters. The van der Waals surface area contributed by atoms with E-state index in [-0.39, 0.29) is 12.8 Å². The fourth-order valence-corrected chi connectivity index (χ4v) is 3.86. The second-order valence-electron chi connectivity index (χ2n) is 7.25. The largest absolute Gasteiger partial charge is 0.454 e. The molecule has 0 unspecified atom stereocenters. The molecule has 0 spiro atoms. The number of fused-ring (bicyclic) bond motifs is 2. The molecule has 1 fully saturated rings. The normalized spacial score (nSPS) is 16.5. The maximum Gasteiger partial charge on any atom is 0.317 e. The van der Waals surface area contributed by atoms with Crippen LogP contribution < -0.4 is 14.8 Å². The third kappa shape index (κ3) is 3.24. The average Bonchev–Trinajstić information content (AvgIpc) is 3.38. The van der Waals surface area contributed by atoms with E-state index in [1.165, 1.54) is 0 Å². The zero-order valence-electron chi connectivity index (χ0n) is 15.5. The molecule has 7 heteroatoms. The first-order valence-electron chi connectivity index (χ1n) is 9.62. The maximum atomic E-state index is 12.5. The molecule has 0 bridgehead atoms. The van der Waals surface area contributed by atoms with Gasteiger partial charge in [-0.3, -0.25) is 0 Å². The van der Waals surface area contributed by atoms with Gasteiger partial charge in [-0.15, -0.1) is 0 Å². The number of imidazole rings is 1. The summed E-state index contributed by atoms with van der Waals surface area (Å²) in [5, 5.41) is 3.00. The molecule has 1 aromatic heterocycles. The number of carbonyl (C=O) groups excluding carboxylic acids is 1. The minimum absolute atomic E-state index is 0.0271. The molecular formula is C21H22N4O3. The number of para-hydroxylation sites is 2. The molecule has 7 nitrogen and oxygen atoms in total. The van der Waals surface area contributed by atoms with E-state index in [1.54, 1.807) is 0 Å². The molecule has 2 amide bonds. The van der Waals surface area contributed by atoms with Gasteiger partial charge < -0.3 is 24.7 Å². The Balaban J connectivity index is 1.15. The van der Waals surface area contributed by atoms with Crippen molar-refractivity contribution in [1.82, 2.24) is 20.2 Å². The van der Waals surface area contributed by atoms with Gasteiger partial charge >= 0.3 is 6.03 Å². The quantitative estimate of drug-likeness (QED) is 0.732. The van der Waals surface area contributed by atoms with E-state index in [0.717, 1.165) is 59.9 Å². The van der Waals surface area contributed by atoms with Crippen LogP contribution in [0.15, 0.2) is 42.5 Å². The molecular weight excluding hydrogens is 356 g/mol. The minimum Gasteiger partial charge on any atom is -0.454 e. The molecule has 0 aliphatic carbocycles. The Morgan fingerprint density at radius 1 is 1.14 bits per heavy atom. The number of nitrogens with one attached hydrogen (secondary N) is 2. The van der Waals surface area contributed by atoms with Crippen LogP contribution in [0.5, 0.6) is 11.5 Å². The van der Waals surface area contributed by atoms with Crippen molar-refractivity contribution in [1.29, 1.82) is 0 Å². The number of likely N-dealkylation sites (tertiary alicyclic amines) is 1. The third-order valence-electron chi connectivity index (χ3n) is 5.46. The summed E-state index contributed by atoms with van der Waals surface area (Å²) >= 11 is 0. The Labute approximate surface area is 162 Å². The zero-order chi connectivity index (χ0) is 18.9. The summed E-state index contributed by atoms with van der Waals surface area (Å²) in [4.78, 5) is 22.5. The number of hydrogen-bond acceptors (Lipinski definition) is 4. The Morgan fingerprint density at radius 2 is 1.96 bits per heavy atom. The van der Waals surface area contributed by atoms with Crippen LogP contribution in [0, 0.1) is 0 Å². The number of H-pyrrole nitrogens is 1. The lowest BCUT2D eigenvalue weighted by Gasteiger charge is -2.31. The molecule has 2 aliphatic heterocycles. The van der Waals surface area contributed by atoms with Crippen molar-refractivity contribution in [2.75, 3.05) is 19.9 Å². The zero-order valence-corrected chi connectivity index (χ0v) is 15.5. The van der Waals surface area contributed by atoms with Crippen LogP contribution in [-0.2, 0) is 6.54 Å². The molecule has 0 saturated carbocycles. The van der Waals surface area contributed by atoms with Crippen LogP contribution in [0.25, 0.3) is 11.0 Å². The van der Waals surface area contributed by atoms with Gasteiger partial charge in [-0.25, -0.2) is 9.78 Å². The molecule has 144 valence electrons. The Kier molecular flexibility index (Phi) is 4.27. The topological polar surface area (TPSA) is 79.5 Å². The minimum atomic E-state index is -0.0271. The summed E-state index contributed by atoms with van der Waals surface area (Å²) in [6.07, 6.45) is 1.83. The first kappa shape index (κ1) is 16.9. The summed E-state index contributed by atoms with van der Waals surface area (Å²) in [6.45, 7) is 2.19. The number of aromatic nitrogens is 2. The molecule has 3 aromatic rings. The molecule has 2 N–H and O–H groups in total. The lowest BCUT2D eigenvalue weighted by Crippen LogP contribution is -2.43. The lowest BCUT2D eigenvalue weighted by molar-refractivity contribution is 0.173. The summed E-state index contributed by atoms with van der Waals surface area (Å²) in [6, 6.07) is 13.8. The first-order valence-corrected chi connectivity index (χ1v) is 9.62. The molecule has 1 saturated heterocycles. The Morgan fingerprint density at radius 3 is 2.82 bits per heavy atom. The van der Waals surface area contributed by atoms with Crippen LogP contribution in [0.4, 0.5) is 4.79 Å². The molecule has 5 rings (SSSR count). The molecule has 2 aromatic carbocycles. The highest BCUT2D eigenvalue weighted by atomic mass is 16.7. The van der Waals surface area contributed by atoms with E-state index in [2.05, 4.69) is 10.3 Å².